The van der Waals surface area contributed by atoms with Crippen LogP contribution in [0.4, 0.5) is 0 Å². The van der Waals surface area contributed by atoms with Gasteiger partial charge in [0.05, 0.1) is 0 Å². The molecule has 0 aromatic heterocycles. The highest BCUT2D eigenvalue weighted by Gasteiger charge is 2.30. The SMILES string of the molecule is CC1=C(C(C)C2=C(C)[CH]c3ccccc32)c2ccccc2[CH]1. The second-order valence-corrected chi connectivity index (χ2v) is 6.38. The smallest absolute Gasteiger partial charge is 0.0164 e. The lowest BCUT2D eigenvalue weighted by Gasteiger charge is -2.20. The van der Waals surface area contributed by atoms with Crippen molar-refractivity contribution in [3.8, 4) is 0 Å². The van der Waals surface area contributed by atoms with Gasteiger partial charge < -0.3 is 0 Å². The van der Waals surface area contributed by atoms with Gasteiger partial charge in [0.2, 0.25) is 0 Å². The van der Waals surface area contributed by atoms with Gasteiger partial charge in [-0.25, -0.2) is 0 Å². The van der Waals surface area contributed by atoms with E-state index in [4.69, 9.17) is 0 Å². The largest absolute Gasteiger partial charge is 0.0619 e. The Balaban J connectivity index is 1.82. The van der Waals surface area contributed by atoms with Crippen molar-refractivity contribution in [1.29, 1.82) is 0 Å². The van der Waals surface area contributed by atoms with Gasteiger partial charge in [-0.15, -0.1) is 0 Å². The molecule has 0 saturated heterocycles. The van der Waals surface area contributed by atoms with Crippen LogP contribution < -0.4 is 0 Å². The van der Waals surface area contributed by atoms with E-state index in [2.05, 4.69) is 82.1 Å². The molecule has 0 spiro atoms. The van der Waals surface area contributed by atoms with Gasteiger partial charge in [0.15, 0.2) is 0 Å². The van der Waals surface area contributed by atoms with E-state index in [9.17, 15) is 0 Å². The molecule has 0 amide bonds. The van der Waals surface area contributed by atoms with Crippen LogP contribution in [-0.2, 0) is 0 Å². The first-order valence-corrected chi connectivity index (χ1v) is 7.96. The van der Waals surface area contributed by atoms with E-state index in [1.165, 1.54) is 44.5 Å². The zero-order chi connectivity index (χ0) is 15.3. The van der Waals surface area contributed by atoms with E-state index < -0.39 is 0 Å². The summed E-state index contributed by atoms with van der Waals surface area (Å²) in [5.74, 6) is 0.416. The fourth-order valence-electron chi connectivity index (χ4n) is 4.08. The summed E-state index contributed by atoms with van der Waals surface area (Å²) in [5.41, 5.74) is 11.3. The molecule has 108 valence electrons. The molecule has 22 heavy (non-hydrogen) atoms. The predicted octanol–water partition coefficient (Wildman–Crippen LogP) is 5.70. The van der Waals surface area contributed by atoms with Crippen LogP contribution in [0.2, 0.25) is 0 Å². The molecule has 4 rings (SSSR count). The predicted molar refractivity (Wildman–Crippen MR) is 94.0 cm³/mol. The maximum Gasteiger partial charge on any atom is 0.0164 e. The van der Waals surface area contributed by atoms with Gasteiger partial charge in [0, 0.05) is 18.8 Å². The average molecular weight is 284 g/mol. The Labute approximate surface area is 133 Å². The van der Waals surface area contributed by atoms with Crippen LogP contribution in [-0.4, -0.2) is 0 Å². The highest BCUT2D eigenvalue weighted by atomic mass is 14.3. The van der Waals surface area contributed by atoms with Gasteiger partial charge in [0.25, 0.3) is 0 Å². The van der Waals surface area contributed by atoms with Crippen molar-refractivity contribution in [2.45, 2.75) is 20.8 Å². The second kappa shape index (κ2) is 4.98. The van der Waals surface area contributed by atoms with Crippen LogP contribution in [0.15, 0.2) is 59.7 Å². The monoisotopic (exact) mass is 284 g/mol. The maximum atomic E-state index is 2.35. The molecular weight excluding hydrogens is 264 g/mol. The molecule has 0 nitrogen and oxygen atoms in total. The van der Waals surface area contributed by atoms with E-state index in [0.717, 1.165) is 0 Å². The van der Waals surface area contributed by atoms with Gasteiger partial charge in [-0.2, -0.15) is 0 Å². The highest BCUT2D eigenvalue weighted by Crippen LogP contribution is 2.47. The fourth-order valence-corrected chi connectivity index (χ4v) is 4.08. The van der Waals surface area contributed by atoms with Crippen molar-refractivity contribution < 1.29 is 0 Å². The summed E-state index contributed by atoms with van der Waals surface area (Å²) in [7, 11) is 0. The van der Waals surface area contributed by atoms with Crippen LogP contribution in [0.25, 0.3) is 11.1 Å². The third kappa shape index (κ3) is 1.90. The molecule has 0 bridgehead atoms. The Morgan fingerprint density at radius 1 is 0.636 bits per heavy atom. The molecule has 2 aliphatic carbocycles. The lowest BCUT2D eigenvalue weighted by molar-refractivity contribution is 0.980. The summed E-state index contributed by atoms with van der Waals surface area (Å²) in [5, 5.41) is 0. The summed E-state index contributed by atoms with van der Waals surface area (Å²) >= 11 is 0. The van der Waals surface area contributed by atoms with Gasteiger partial charge in [0.1, 0.15) is 0 Å². The molecule has 0 heteroatoms. The Morgan fingerprint density at radius 3 is 1.50 bits per heavy atom. The molecule has 0 N–H and O–H groups in total. The number of fused-ring (bicyclic) bond motifs is 2. The Bertz CT molecular complexity index is 748. The lowest BCUT2D eigenvalue weighted by atomic mass is 9.84. The number of benzene rings is 2. The third-order valence-electron chi connectivity index (χ3n) is 4.96. The minimum Gasteiger partial charge on any atom is -0.0619 e. The molecule has 0 fully saturated rings. The first-order valence-electron chi connectivity index (χ1n) is 7.96. The van der Waals surface area contributed by atoms with E-state index in [1.54, 1.807) is 0 Å². The highest BCUT2D eigenvalue weighted by molar-refractivity contribution is 5.93. The van der Waals surface area contributed by atoms with Crippen LogP contribution in [0.5, 0.6) is 0 Å². The van der Waals surface area contributed by atoms with Crippen molar-refractivity contribution >= 4 is 11.1 Å². The van der Waals surface area contributed by atoms with E-state index in [1.807, 2.05) is 0 Å². The zero-order valence-corrected chi connectivity index (χ0v) is 13.4. The number of hydrogen-bond acceptors (Lipinski definition) is 0. The molecule has 0 unspecified atom stereocenters. The van der Waals surface area contributed by atoms with Gasteiger partial charge in [-0.05, 0) is 47.2 Å². The Kier molecular flexibility index (Phi) is 3.07. The summed E-state index contributed by atoms with van der Waals surface area (Å²) < 4.78 is 0. The average Bonchev–Trinajstić information content (AvgIpc) is 3.01. The third-order valence-corrected chi connectivity index (χ3v) is 4.96. The summed E-state index contributed by atoms with van der Waals surface area (Å²) in [6, 6.07) is 17.5. The molecule has 2 aromatic carbocycles. The first kappa shape index (κ1) is 13.6. The zero-order valence-electron chi connectivity index (χ0n) is 13.4. The minimum absolute atomic E-state index is 0.416. The quantitative estimate of drug-likeness (QED) is 0.663. The summed E-state index contributed by atoms with van der Waals surface area (Å²) in [6.45, 7) is 6.84. The number of allylic oxidation sites excluding steroid dienone is 4. The van der Waals surface area contributed by atoms with Gasteiger partial charge in [-0.3, -0.25) is 0 Å². The molecule has 0 atom stereocenters. The second-order valence-electron chi connectivity index (χ2n) is 6.38. The molecule has 0 saturated carbocycles. The Morgan fingerprint density at radius 2 is 1.05 bits per heavy atom. The van der Waals surface area contributed by atoms with Crippen LogP contribution in [0, 0.1) is 18.8 Å². The van der Waals surface area contributed by atoms with E-state index >= 15 is 0 Å². The van der Waals surface area contributed by atoms with E-state index in [0.29, 0.717) is 5.92 Å². The molecule has 2 radical (unpaired) electrons. The topological polar surface area (TPSA) is 0 Å². The number of hydrogen-bond donors (Lipinski definition) is 0. The van der Waals surface area contributed by atoms with E-state index in [-0.39, 0.29) is 0 Å². The molecule has 0 aliphatic heterocycles. The molecule has 0 heterocycles. The standard InChI is InChI=1S/C22H20/c1-14-12-17-8-4-6-10-19(17)21(14)16(3)22-15(2)13-18-9-5-7-11-20(18)22/h4-13,16H,1-3H3. The maximum absolute atomic E-state index is 2.35. The van der Waals surface area contributed by atoms with Gasteiger partial charge >= 0.3 is 0 Å². The van der Waals surface area contributed by atoms with Crippen LogP contribution in [0.3, 0.4) is 0 Å². The molecule has 2 aromatic rings. The van der Waals surface area contributed by atoms with Crippen LogP contribution in [0.1, 0.15) is 43.0 Å². The number of rotatable bonds is 2. The van der Waals surface area contributed by atoms with Crippen molar-refractivity contribution in [2.75, 3.05) is 0 Å². The van der Waals surface area contributed by atoms with Crippen molar-refractivity contribution in [3.05, 3.63) is 94.8 Å². The van der Waals surface area contributed by atoms with Gasteiger partial charge in [-0.1, -0.05) is 66.6 Å². The first-order chi connectivity index (χ1) is 10.7. The Hall–Kier alpha value is -2.08. The van der Waals surface area contributed by atoms with Crippen molar-refractivity contribution in [3.63, 3.8) is 0 Å². The summed E-state index contributed by atoms with van der Waals surface area (Å²) in [6.07, 6.45) is 4.64. The molecule has 2 aliphatic rings. The van der Waals surface area contributed by atoms with Crippen molar-refractivity contribution in [2.24, 2.45) is 5.92 Å². The normalized spacial score (nSPS) is 16.5. The minimum atomic E-state index is 0.416. The fraction of sp³-hybridized carbons (Fsp3) is 0.182. The lowest BCUT2D eigenvalue weighted by Crippen LogP contribution is -2.02. The summed E-state index contributed by atoms with van der Waals surface area (Å²) in [4.78, 5) is 0. The molecular formula is C22H20. The van der Waals surface area contributed by atoms with Crippen molar-refractivity contribution in [1.82, 2.24) is 0 Å². The van der Waals surface area contributed by atoms with Crippen LogP contribution >= 0.6 is 0 Å².